The molecule has 0 aromatic heterocycles. The molecule has 1 aliphatic heterocycles. The van der Waals surface area contributed by atoms with Crippen LogP contribution in [-0.2, 0) is 9.59 Å². The summed E-state index contributed by atoms with van der Waals surface area (Å²) in [5.74, 6) is -0.309. The van der Waals surface area contributed by atoms with E-state index in [4.69, 9.17) is 0 Å². The van der Waals surface area contributed by atoms with Crippen molar-refractivity contribution in [3.63, 3.8) is 0 Å². The fourth-order valence-electron chi connectivity index (χ4n) is 1.90. The highest BCUT2D eigenvalue weighted by Gasteiger charge is 2.22. The lowest BCUT2D eigenvalue weighted by Gasteiger charge is -2.19. The first-order chi connectivity index (χ1) is 8.97. The van der Waals surface area contributed by atoms with Gasteiger partial charge in [-0.05, 0) is 31.0 Å². The molecule has 1 aromatic carbocycles. The van der Waals surface area contributed by atoms with Crippen molar-refractivity contribution >= 4 is 23.2 Å². The smallest absolute Gasteiger partial charge is 0.271 e. The number of nitrogens with zero attached hydrogens (tertiary/aromatic N) is 2. The normalized spacial score (nSPS) is 15.2. The maximum atomic E-state index is 12.1. The quantitative estimate of drug-likeness (QED) is 0.881. The molecule has 2 rings (SSSR count). The largest absolute Gasteiger partial charge is 0.321 e. The van der Waals surface area contributed by atoms with Crippen molar-refractivity contribution in [1.29, 1.82) is 0 Å². The Labute approximate surface area is 112 Å². The summed E-state index contributed by atoms with van der Waals surface area (Å²) in [6, 6.07) is 5.88. The number of hydrazone groups is 1. The van der Waals surface area contributed by atoms with E-state index in [0.717, 1.165) is 16.8 Å². The zero-order valence-corrected chi connectivity index (χ0v) is 11.4. The molecule has 0 unspecified atom stereocenters. The number of carbonyl (C=O) groups is 2. The lowest BCUT2D eigenvalue weighted by molar-refractivity contribution is -0.130. The standard InChI is InChI=1S/C14H17N3O2/c1-9-4-5-10(2)12(8-9)15-14(19)11-6-7-13(18)17(3)16-11/h4-5,8H,6-7H2,1-3H3,(H,15,19). The van der Waals surface area contributed by atoms with Crippen LogP contribution in [0.3, 0.4) is 0 Å². The average Bonchev–Trinajstić information content (AvgIpc) is 2.37. The van der Waals surface area contributed by atoms with E-state index in [1.165, 1.54) is 5.01 Å². The summed E-state index contributed by atoms with van der Waals surface area (Å²) in [6.45, 7) is 3.91. The molecule has 1 aliphatic rings. The molecule has 0 radical (unpaired) electrons. The summed E-state index contributed by atoms with van der Waals surface area (Å²) in [5, 5.41) is 8.07. The van der Waals surface area contributed by atoms with E-state index in [9.17, 15) is 9.59 Å². The minimum atomic E-state index is -0.243. The molecule has 100 valence electrons. The van der Waals surface area contributed by atoms with Gasteiger partial charge in [0, 0.05) is 25.6 Å². The Balaban J connectivity index is 2.15. The Morgan fingerprint density at radius 1 is 1.32 bits per heavy atom. The third kappa shape index (κ3) is 2.99. The first-order valence-electron chi connectivity index (χ1n) is 6.20. The van der Waals surface area contributed by atoms with Crippen molar-refractivity contribution in [2.75, 3.05) is 12.4 Å². The van der Waals surface area contributed by atoms with Crippen molar-refractivity contribution in [3.8, 4) is 0 Å². The molecule has 0 spiro atoms. The third-order valence-corrected chi connectivity index (χ3v) is 3.11. The Bertz CT molecular complexity index is 564. The maximum Gasteiger partial charge on any atom is 0.271 e. The molecular weight excluding hydrogens is 242 g/mol. The van der Waals surface area contributed by atoms with Crippen LogP contribution in [0.2, 0.25) is 0 Å². The Kier molecular flexibility index (Phi) is 3.64. The highest BCUT2D eigenvalue weighted by atomic mass is 16.2. The van der Waals surface area contributed by atoms with Gasteiger partial charge in [0.05, 0.1) is 0 Å². The van der Waals surface area contributed by atoms with E-state index in [2.05, 4.69) is 10.4 Å². The number of hydrogen-bond donors (Lipinski definition) is 1. The molecule has 0 atom stereocenters. The van der Waals surface area contributed by atoms with Gasteiger partial charge in [0.25, 0.3) is 5.91 Å². The van der Waals surface area contributed by atoms with Crippen molar-refractivity contribution in [1.82, 2.24) is 5.01 Å². The number of nitrogens with one attached hydrogen (secondary N) is 1. The Morgan fingerprint density at radius 3 is 2.74 bits per heavy atom. The van der Waals surface area contributed by atoms with Gasteiger partial charge in [0.1, 0.15) is 5.71 Å². The number of rotatable bonds is 2. The molecule has 0 saturated heterocycles. The van der Waals surface area contributed by atoms with Gasteiger partial charge >= 0.3 is 0 Å². The number of hydrogen-bond acceptors (Lipinski definition) is 3. The van der Waals surface area contributed by atoms with E-state index in [-0.39, 0.29) is 11.8 Å². The highest BCUT2D eigenvalue weighted by Crippen LogP contribution is 2.17. The van der Waals surface area contributed by atoms with Gasteiger partial charge in [0.15, 0.2) is 0 Å². The van der Waals surface area contributed by atoms with Gasteiger partial charge in [-0.25, -0.2) is 5.01 Å². The average molecular weight is 259 g/mol. The first-order valence-corrected chi connectivity index (χ1v) is 6.20. The van der Waals surface area contributed by atoms with Crippen LogP contribution in [0.1, 0.15) is 24.0 Å². The second-order valence-corrected chi connectivity index (χ2v) is 4.74. The number of benzene rings is 1. The molecule has 1 aromatic rings. The summed E-state index contributed by atoms with van der Waals surface area (Å²) in [5.41, 5.74) is 3.26. The van der Waals surface area contributed by atoms with Gasteiger partial charge in [0.2, 0.25) is 5.91 Å². The molecule has 0 saturated carbocycles. The fourth-order valence-corrected chi connectivity index (χ4v) is 1.90. The van der Waals surface area contributed by atoms with Crippen LogP contribution in [0, 0.1) is 13.8 Å². The van der Waals surface area contributed by atoms with Crippen molar-refractivity contribution in [3.05, 3.63) is 29.3 Å². The summed E-state index contributed by atoms with van der Waals surface area (Å²) in [4.78, 5) is 23.4. The van der Waals surface area contributed by atoms with Crippen LogP contribution in [0.25, 0.3) is 0 Å². The van der Waals surface area contributed by atoms with Crippen molar-refractivity contribution in [2.24, 2.45) is 5.10 Å². The molecule has 19 heavy (non-hydrogen) atoms. The van der Waals surface area contributed by atoms with Crippen LogP contribution in [0.5, 0.6) is 0 Å². The minimum absolute atomic E-state index is 0.0664. The van der Waals surface area contributed by atoms with Crippen LogP contribution >= 0.6 is 0 Å². The number of carbonyl (C=O) groups excluding carboxylic acids is 2. The third-order valence-electron chi connectivity index (χ3n) is 3.11. The zero-order chi connectivity index (χ0) is 14.0. The predicted molar refractivity (Wildman–Crippen MR) is 74.0 cm³/mol. The molecule has 0 fully saturated rings. The monoisotopic (exact) mass is 259 g/mol. The van der Waals surface area contributed by atoms with Crippen molar-refractivity contribution in [2.45, 2.75) is 26.7 Å². The van der Waals surface area contributed by atoms with Gasteiger partial charge in [-0.1, -0.05) is 12.1 Å². The van der Waals surface area contributed by atoms with Gasteiger partial charge in [-0.3, -0.25) is 9.59 Å². The summed E-state index contributed by atoms with van der Waals surface area (Å²) in [6.07, 6.45) is 0.718. The predicted octanol–water partition coefficient (Wildman–Crippen LogP) is 1.85. The van der Waals surface area contributed by atoms with E-state index in [1.807, 2.05) is 32.0 Å². The maximum absolute atomic E-state index is 12.1. The lowest BCUT2D eigenvalue weighted by Crippen LogP contribution is -2.34. The van der Waals surface area contributed by atoms with E-state index in [0.29, 0.717) is 18.6 Å². The number of amides is 2. The second kappa shape index (κ2) is 5.22. The van der Waals surface area contributed by atoms with Crippen molar-refractivity contribution < 1.29 is 9.59 Å². The van der Waals surface area contributed by atoms with Crippen LogP contribution < -0.4 is 5.32 Å². The second-order valence-electron chi connectivity index (χ2n) is 4.74. The Hall–Kier alpha value is -2.17. The SMILES string of the molecule is Cc1ccc(C)c(NC(=O)C2=NN(C)C(=O)CC2)c1. The van der Waals surface area contributed by atoms with Crippen LogP contribution in [0.15, 0.2) is 23.3 Å². The molecule has 0 bridgehead atoms. The highest BCUT2D eigenvalue weighted by molar-refractivity contribution is 6.43. The van der Waals surface area contributed by atoms with Gasteiger partial charge < -0.3 is 5.32 Å². The summed E-state index contributed by atoms with van der Waals surface area (Å²) < 4.78 is 0. The minimum Gasteiger partial charge on any atom is -0.321 e. The molecular formula is C14H17N3O2. The topological polar surface area (TPSA) is 61.8 Å². The Morgan fingerprint density at radius 2 is 2.05 bits per heavy atom. The van der Waals surface area contributed by atoms with Crippen LogP contribution in [-0.4, -0.2) is 29.6 Å². The number of aryl methyl sites for hydroxylation is 2. The van der Waals surface area contributed by atoms with Gasteiger partial charge in [-0.2, -0.15) is 5.10 Å². The van der Waals surface area contributed by atoms with Crippen LogP contribution in [0.4, 0.5) is 5.69 Å². The van der Waals surface area contributed by atoms with E-state index in [1.54, 1.807) is 7.05 Å². The molecule has 2 amide bonds. The fraction of sp³-hybridized carbons (Fsp3) is 0.357. The van der Waals surface area contributed by atoms with Gasteiger partial charge in [-0.15, -0.1) is 0 Å². The molecule has 1 heterocycles. The lowest BCUT2D eigenvalue weighted by atomic mass is 10.1. The summed E-state index contributed by atoms with van der Waals surface area (Å²) >= 11 is 0. The molecule has 5 heteroatoms. The molecule has 5 nitrogen and oxygen atoms in total. The van der Waals surface area contributed by atoms with E-state index < -0.39 is 0 Å². The summed E-state index contributed by atoms with van der Waals surface area (Å²) in [7, 11) is 1.56. The van der Waals surface area contributed by atoms with E-state index >= 15 is 0 Å². The molecule has 1 N–H and O–H groups in total. The first kappa shape index (κ1) is 13.3. The molecule has 0 aliphatic carbocycles. The zero-order valence-electron chi connectivity index (χ0n) is 11.4. The number of anilines is 1.